The second-order valence-electron chi connectivity index (χ2n) is 9.24. The van der Waals surface area contributed by atoms with Crippen molar-refractivity contribution in [3.8, 4) is 0 Å². The van der Waals surface area contributed by atoms with E-state index in [4.69, 9.17) is 4.74 Å². The number of amides is 2. The average molecular weight is 470 g/mol. The standard InChI is InChI=1S/C29H31N3O3/c33-28(30-25-13-15-26(16-14-25)31-17-7-2-8-18-31)27-19-23-11-5-6-12-24(23)20-32(27)29(34)35-21-22-9-3-1-4-10-22/h1,3-6,9-16,27H,2,7-8,17-21H2,(H,30,33)/t27-/m0/s1. The Morgan fingerprint density at radius 1 is 0.829 bits per heavy atom. The van der Waals surface area contributed by atoms with Crippen molar-refractivity contribution < 1.29 is 14.3 Å². The minimum atomic E-state index is -0.644. The Labute approximate surface area is 206 Å². The molecule has 0 bridgehead atoms. The summed E-state index contributed by atoms with van der Waals surface area (Å²) in [6.07, 6.45) is 3.70. The summed E-state index contributed by atoms with van der Waals surface area (Å²) in [4.78, 5) is 30.4. The van der Waals surface area contributed by atoms with Crippen LogP contribution in [0.25, 0.3) is 0 Å². The largest absolute Gasteiger partial charge is 0.445 e. The van der Waals surface area contributed by atoms with Crippen LogP contribution in [0, 0.1) is 0 Å². The highest BCUT2D eigenvalue weighted by Crippen LogP contribution is 2.26. The van der Waals surface area contributed by atoms with Crippen LogP contribution in [0.4, 0.5) is 16.2 Å². The molecule has 2 aliphatic heterocycles. The molecule has 0 radical (unpaired) electrons. The van der Waals surface area contributed by atoms with Crippen molar-refractivity contribution in [2.45, 2.75) is 44.9 Å². The van der Waals surface area contributed by atoms with Gasteiger partial charge in [-0.1, -0.05) is 54.6 Å². The number of piperidine rings is 1. The Morgan fingerprint density at radius 3 is 2.26 bits per heavy atom. The SMILES string of the molecule is O=C(Nc1ccc(N2CCCCC2)cc1)[C@@H]1Cc2ccccc2CN1C(=O)OCc1ccccc1. The summed E-state index contributed by atoms with van der Waals surface area (Å²) in [5, 5.41) is 3.02. The van der Waals surface area contributed by atoms with Crippen LogP contribution in [0.2, 0.25) is 0 Å². The predicted molar refractivity (Wildman–Crippen MR) is 137 cm³/mol. The van der Waals surface area contributed by atoms with Gasteiger partial charge in [-0.25, -0.2) is 4.79 Å². The van der Waals surface area contributed by atoms with Gasteiger partial charge in [0.1, 0.15) is 12.6 Å². The van der Waals surface area contributed by atoms with Gasteiger partial charge in [-0.2, -0.15) is 0 Å². The molecular weight excluding hydrogens is 438 g/mol. The third kappa shape index (κ3) is 5.48. The van der Waals surface area contributed by atoms with E-state index in [-0.39, 0.29) is 12.5 Å². The Kier molecular flexibility index (Phi) is 6.98. The lowest BCUT2D eigenvalue weighted by Gasteiger charge is -2.35. The van der Waals surface area contributed by atoms with E-state index in [1.54, 1.807) is 4.90 Å². The van der Waals surface area contributed by atoms with Crippen LogP contribution in [0.1, 0.15) is 36.0 Å². The summed E-state index contributed by atoms with van der Waals surface area (Å²) < 4.78 is 5.60. The Hall–Kier alpha value is -3.80. The fourth-order valence-corrected chi connectivity index (χ4v) is 4.88. The zero-order valence-corrected chi connectivity index (χ0v) is 19.9. The molecule has 0 spiro atoms. The monoisotopic (exact) mass is 469 g/mol. The zero-order valence-electron chi connectivity index (χ0n) is 19.9. The molecule has 35 heavy (non-hydrogen) atoms. The number of carbonyl (C=O) groups is 2. The quantitative estimate of drug-likeness (QED) is 0.545. The van der Waals surface area contributed by atoms with Crippen LogP contribution < -0.4 is 10.2 Å². The number of fused-ring (bicyclic) bond motifs is 1. The van der Waals surface area contributed by atoms with E-state index in [9.17, 15) is 9.59 Å². The van der Waals surface area contributed by atoms with Crippen molar-refractivity contribution in [1.82, 2.24) is 4.90 Å². The molecule has 0 unspecified atom stereocenters. The normalized spacial score (nSPS) is 17.4. The van der Waals surface area contributed by atoms with Crippen LogP contribution >= 0.6 is 0 Å². The van der Waals surface area contributed by atoms with Gasteiger partial charge in [0.25, 0.3) is 0 Å². The third-order valence-electron chi connectivity index (χ3n) is 6.85. The Balaban J connectivity index is 1.29. The van der Waals surface area contributed by atoms with Gasteiger partial charge in [-0.05, 0) is 60.2 Å². The molecule has 0 aliphatic carbocycles. The summed E-state index contributed by atoms with van der Waals surface area (Å²) in [5.74, 6) is -0.207. The van der Waals surface area contributed by atoms with Crippen LogP contribution in [-0.4, -0.2) is 36.0 Å². The van der Waals surface area contributed by atoms with E-state index in [1.807, 2.05) is 66.7 Å². The first-order chi connectivity index (χ1) is 17.2. The highest BCUT2D eigenvalue weighted by atomic mass is 16.6. The van der Waals surface area contributed by atoms with Crippen molar-refractivity contribution in [2.75, 3.05) is 23.3 Å². The predicted octanol–water partition coefficient (Wildman–Crippen LogP) is 5.38. The minimum Gasteiger partial charge on any atom is -0.445 e. The van der Waals surface area contributed by atoms with E-state index in [1.165, 1.54) is 24.9 Å². The van der Waals surface area contributed by atoms with Gasteiger partial charge in [-0.15, -0.1) is 0 Å². The smallest absolute Gasteiger partial charge is 0.411 e. The molecule has 1 atom stereocenters. The van der Waals surface area contributed by atoms with E-state index in [2.05, 4.69) is 22.3 Å². The maximum atomic E-state index is 13.4. The van der Waals surface area contributed by atoms with Crippen LogP contribution in [0.5, 0.6) is 0 Å². The molecule has 6 heteroatoms. The second kappa shape index (κ2) is 10.6. The number of hydrogen-bond acceptors (Lipinski definition) is 4. The Morgan fingerprint density at radius 2 is 1.51 bits per heavy atom. The lowest BCUT2D eigenvalue weighted by molar-refractivity contribution is -0.121. The molecular formula is C29H31N3O3. The molecule has 2 aliphatic rings. The van der Waals surface area contributed by atoms with E-state index >= 15 is 0 Å². The van der Waals surface area contributed by atoms with E-state index < -0.39 is 12.1 Å². The van der Waals surface area contributed by atoms with Crippen LogP contribution in [0.15, 0.2) is 78.9 Å². The number of rotatable bonds is 5. The second-order valence-corrected chi connectivity index (χ2v) is 9.24. The molecule has 1 saturated heterocycles. The van der Waals surface area contributed by atoms with Gasteiger partial charge < -0.3 is 15.0 Å². The van der Waals surface area contributed by atoms with Gasteiger partial charge in [0, 0.05) is 30.9 Å². The number of benzene rings is 3. The molecule has 1 N–H and O–H groups in total. The van der Waals surface area contributed by atoms with Crippen molar-refractivity contribution in [1.29, 1.82) is 0 Å². The first-order valence-electron chi connectivity index (χ1n) is 12.4. The topological polar surface area (TPSA) is 61.9 Å². The van der Waals surface area contributed by atoms with Gasteiger partial charge >= 0.3 is 6.09 Å². The molecule has 180 valence electrons. The fraction of sp³-hybridized carbons (Fsp3) is 0.310. The summed E-state index contributed by atoms with van der Waals surface area (Å²) in [6, 6.07) is 24.9. The molecule has 3 aromatic carbocycles. The lowest BCUT2D eigenvalue weighted by Crippen LogP contribution is -2.50. The number of hydrogen-bond donors (Lipinski definition) is 1. The van der Waals surface area contributed by atoms with Gasteiger partial charge in [-0.3, -0.25) is 9.69 Å². The van der Waals surface area contributed by atoms with Crippen molar-refractivity contribution in [3.05, 3.63) is 95.6 Å². The molecule has 6 nitrogen and oxygen atoms in total. The first-order valence-corrected chi connectivity index (χ1v) is 12.4. The molecule has 1 fully saturated rings. The fourth-order valence-electron chi connectivity index (χ4n) is 4.88. The third-order valence-corrected chi connectivity index (χ3v) is 6.85. The van der Waals surface area contributed by atoms with E-state index in [0.717, 1.165) is 35.5 Å². The first kappa shape index (κ1) is 23.0. The number of ether oxygens (including phenoxy) is 1. The number of anilines is 2. The van der Waals surface area contributed by atoms with Crippen molar-refractivity contribution in [2.24, 2.45) is 0 Å². The van der Waals surface area contributed by atoms with Gasteiger partial charge in [0.05, 0.1) is 6.54 Å². The molecule has 2 heterocycles. The summed E-state index contributed by atoms with van der Waals surface area (Å²) in [7, 11) is 0. The van der Waals surface area contributed by atoms with E-state index in [0.29, 0.717) is 13.0 Å². The molecule has 3 aromatic rings. The average Bonchev–Trinajstić information content (AvgIpc) is 2.92. The van der Waals surface area contributed by atoms with Gasteiger partial charge in [0.15, 0.2) is 0 Å². The Bertz CT molecular complexity index is 1160. The highest BCUT2D eigenvalue weighted by molar-refractivity contribution is 5.97. The minimum absolute atomic E-state index is 0.171. The molecule has 5 rings (SSSR count). The molecule has 0 aromatic heterocycles. The van der Waals surface area contributed by atoms with Crippen molar-refractivity contribution in [3.63, 3.8) is 0 Å². The molecule has 2 amide bonds. The van der Waals surface area contributed by atoms with Crippen LogP contribution in [0.3, 0.4) is 0 Å². The number of nitrogens with one attached hydrogen (secondary N) is 1. The van der Waals surface area contributed by atoms with Gasteiger partial charge in [0.2, 0.25) is 5.91 Å². The number of nitrogens with zero attached hydrogens (tertiary/aromatic N) is 2. The lowest BCUT2D eigenvalue weighted by atomic mass is 9.94. The zero-order chi connectivity index (χ0) is 24.0. The number of carbonyl (C=O) groups excluding carboxylic acids is 2. The van der Waals surface area contributed by atoms with Crippen molar-refractivity contribution >= 4 is 23.4 Å². The summed E-state index contributed by atoms with van der Waals surface area (Å²) in [5.41, 5.74) is 4.94. The van der Waals surface area contributed by atoms with Crippen LogP contribution in [-0.2, 0) is 29.1 Å². The maximum absolute atomic E-state index is 13.4. The molecule has 0 saturated carbocycles. The highest BCUT2D eigenvalue weighted by Gasteiger charge is 2.35. The summed E-state index contributed by atoms with van der Waals surface area (Å²) in [6.45, 7) is 2.67. The maximum Gasteiger partial charge on any atom is 0.411 e. The summed E-state index contributed by atoms with van der Waals surface area (Å²) >= 11 is 0.